The fraction of sp³-hybridized carbons (Fsp3) is 0.304. The van der Waals surface area contributed by atoms with Gasteiger partial charge in [-0.1, -0.05) is 23.7 Å². The summed E-state index contributed by atoms with van der Waals surface area (Å²) in [6.07, 6.45) is 0. The minimum atomic E-state index is -0.772. The molecule has 8 heteroatoms. The number of rotatable bonds is 8. The Kier molecular flexibility index (Phi) is 7.20. The van der Waals surface area contributed by atoms with Crippen molar-refractivity contribution in [3.8, 4) is 11.5 Å². The molecule has 0 bridgehead atoms. The second-order valence-corrected chi connectivity index (χ2v) is 7.24. The molecule has 164 valence electrons. The summed E-state index contributed by atoms with van der Waals surface area (Å²) in [5, 5.41) is 11.3. The van der Waals surface area contributed by atoms with Crippen LogP contribution < -0.4 is 9.47 Å². The molecule has 7 nitrogen and oxygen atoms in total. The van der Waals surface area contributed by atoms with E-state index < -0.39 is 17.7 Å². The predicted molar refractivity (Wildman–Crippen MR) is 117 cm³/mol. The number of aliphatic hydroxyl groups excluding tert-OH is 1. The molecular weight excluding hydrogens is 422 g/mol. The lowest BCUT2D eigenvalue weighted by Gasteiger charge is -2.25. The number of methoxy groups -OCH3 is 2. The molecule has 1 saturated heterocycles. The third-order valence-corrected chi connectivity index (χ3v) is 5.31. The summed E-state index contributed by atoms with van der Waals surface area (Å²) < 4.78 is 15.7. The SMILES string of the molecule is CCOc1ccc(/C(O)=C2\C(=O)C(=O)N(CCOC)C2c2ccc(OC)cc2)cc1Cl. The molecule has 1 aliphatic heterocycles. The van der Waals surface area contributed by atoms with Gasteiger partial charge in [-0.2, -0.15) is 0 Å². The highest BCUT2D eigenvalue weighted by atomic mass is 35.5. The highest BCUT2D eigenvalue weighted by Crippen LogP contribution is 2.40. The van der Waals surface area contributed by atoms with E-state index >= 15 is 0 Å². The molecule has 31 heavy (non-hydrogen) atoms. The molecule has 1 atom stereocenters. The first-order valence-electron chi connectivity index (χ1n) is 9.76. The van der Waals surface area contributed by atoms with E-state index in [2.05, 4.69) is 0 Å². The third-order valence-electron chi connectivity index (χ3n) is 5.01. The Balaban J connectivity index is 2.12. The van der Waals surface area contributed by atoms with Gasteiger partial charge in [-0.25, -0.2) is 0 Å². The Hall–Kier alpha value is -3.03. The molecule has 1 heterocycles. The van der Waals surface area contributed by atoms with Gasteiger partial charge in [0.2, 0.25) is 0 Å². The van der Waals surface area contributed by atoms with E-state index in [0.29, 0.717) is 34.3 Å². The molecule has 0 spiro atoms. The lowest BCUT2D eigenvalue weighted by atomic mass is 9.95. The Morgan fingerprint density at radius 2 is 1.84 bits per heavy atom. The van der Waals surface area contributed by atoms with Crippen molar-refractivity contribution in [3.63, 3.8) is 0 Å². The number of halogens is 1. The van der Waals surface area contributed by atoms with Gasteiger partial charge in [0.1, 0.15) is 17.3 Å². The normalized spacial score (nSPS) is 17.8. The number of ether oxygens (including phenoxy) is 3. The minimum Gasteiger partial charge on any atom is -0.507 e. The van der Waals surface area contributed by atoms with Crippen molar-refractivity contribution >= 4 is 29.1 Å². The quantitative estimate of drug-likeness (QED) is 0.378. The van der Waals surface area contributed by atoms with Gasteiger partial charge in [0, 0.05) is 19.2 Å². The predicted octanol–water partition coefficient (Wildman–Crippen LogP) is 3.82. The minimum absolute atomic E-state index is 0.00787. The van der Waals surface area contributed by atoms with E-state index in [9.17, 15) is 14.7 Å². The average molecular weight is 446 g/mol. The van der Waals surface area contributed by atoms with Gasteiger partial charge in [0.15, 0.2) is 0 Å². The van der Waals surface area contributed by atoms with Crippen molar-refractivity contribution in [2.45, 2.75) is 13.0 Å². The van der Waals surface area contributed by atoms with Crippen LogP contribution in [0.3, 0.4) is 0 Å². The van der Waals surface area contributed by atoms with Crippen LogP contribution in [0, 0.1) is 0 Å². The number of ketones is 1. The average Bonchev–Trinajstić information content (AvgIpc) is 3.03. The zero-order valence-corrected chi connectivity index (χ0v) is 18.3. The lowest BCUT2D eigenvalue weighted by molar-refractivity contribution is -0.140. The molecule has 3 rings (SSSR count). The van der Waals surface area contributed by atoms with E-state index in [0.717, 1.165) is 0 Å². The second-order valence-electron chi connectivity index (χ2n) is 6.84. The maximum atomic E-state index is 12.9. The van der Waals surface area contributed by atoms with Crippen molar-refractivity contribution in [1.29, 1.82) is 0 Å². The van der Waals surface area contributed by atoms with Crippen LogP contribution in [-0.2, 0) is 14.3 Å². The van der Waals surface area contributed by atoms with Crippen molar-refractivity contribution in [2.24, 2.45) is 0 Å². The van der Waals surface area contributed by atoms with Crippen molar-refractivity contribution < 1.29 is 28.9 Å². The van der Waals surface area contributed by atoms with E-state index in [1.165, 1.54) is 18.1 Å². The van der Waals surface area contributed by atoms with Gasteiger partial charge in [-0.05, 0) is 42.8 Å². The summed E-state index contributed by atoms with van der Waals surface area (Å²) in [7, 11) is 3.07. The van der Waals surface area contributed by atoms with Crippen LogP contribution in [0.25, 0.3) is 5.76 Å². The van der Waals surface area contributed by atoms with Crippen molar-refractivity contribution in [2.75, 3.05) is 34.0 Å². The monoisotopic (exact) mass is 445 g/mol. The van der Waals surface area contributed by atoms with Crippen molar-refractivity contribution in [3.05, 3.63) is 64.2 Å². The third kappa shape index (κ3) is 4.52. The molecule has 1 aliphatic rings. The van der Waals surface area contributed by atoms with Crippen molar-refractivity contribution in [1.82, 2.24) is 4.90 Å². The molecule has 0 aliphatic carbocycles. The fourth-order valence-corrected chi connectivity index (χ4v) is 3.74. The fourth-order valence-electron chi connectivity index (χ4n) is 3.51. The molecule has 2 aromatic rings. The summed E-state index contributed by atoms with van der Waals surface area (Å²) in [6.45, 7) is 2.71. The number of aliphatic hydroxyl groups is 1. The van der Waals surface area contributed by atoms with Gasteiger partial charge >= 0.3 is 0 Å². The molecule has 1 unspecified atom stereocenters. The number of nitrogens with zero attached hydrogens (tertiary/aromatic N) is 1. The first-order valence-corrected chi connectivity index (χ1v) is 10.1. The number of Topliss-reactive ketones (excluding diaryl/α,β-unsaturated/α-hetero) is 1. The van der Waals surface area contributed by atoms with Gasteiger partial charge in [0.25, 0.3) is 11.7 Å². The first kappa shape index (κ1) is 22.7. The number of carbonyl (C=O) groups is 2. The van der Waals surface area contributed by atoms with E-state index in [4.69, 9.17) is 25.8 Å². The molecule has 1 fully saturated rings. The van der Waals surface area contributed by atoms with Crippen LogP contribution in [0.4, 0.5) is 0 Å². The van der Waals surface area contributed by atoms with E-state index in [1.54, 1.807) is 43.5 Å². The molecule has 0 radical (unpaired) electrons. The van der Waals surface area contributed by atoms with Gasteiger partial charge < -0.3 is 24.2 Å². The zero-order valence-electron chi connectivity index (χ0n) is 17.6. The molecule has 1 N–H and O–H groups in total. The number of likely N-dealkylation sites (tertiary alicyclic amines) is 1. The number of benzene rings is 2. The standard InChI is InChI=1S/C23H24ClNO6/c1-4-31-18-10-7-15(13-17(18)24)21(26)19-20(14-5-8-16(30-3)9-6-14)25(11-12-29-2)23(28)22(19)27/h5-10,13,20,26H,4,11-12H2,1-3H3/b21-19+. The molecule has 0 aromatic heterocycles. The topological polar surface area (TPSA) is 85.3 Å². The maximum absolute atomic E-state index is 12.9. The Morgan fingerprint density at radius 1 is 1.13 bits per heavy atom. The Bertz CT molecular complexity index is 1000. The number of hydrogen-bond donors (Lipinski definition) is 1. The summed E-state index contributed by atoms with van der Waals surface area (Å²) >= 11 is 6.26. The van der Waals surface area contributed by atoms with Crippen LogP contribution >= 0.6 is 11.6 Å². The van der Waals surface area contributed by atoms with Gasteiger partial charge in [-0.3, -0.25) is 9.59 Å². The summed E-state index contributed by atoms with van der Waals surface area (Å²) in [5.74, 6) is -0.663. The van der Waals surface area contributed by atoms with E-state index in [-0.39, 0.29) is 24.5 Å². The highest BCUT2D eigenvalue weighted by molar-refractivity contribution is 6.46. The molecular formula is C23H24ClNO6. The van der Waals surface area contributed by atoms with Crippen LogP contribution in [-0.4, -0.2) is 55.7 Å². The smallest absolute Gasteiger partial charge is 0.295 e. The molecule has 2 aromatic carbocycles. The van der Waals surface area contributed by atoms with Gasteiger partial charge in [0.05, 0.1) is 37.0 Å². The Morgan fingerprint density at radius 3 is 2.42 bits per heavy atom. The Labute approximate surface area is 185 Å². The lowest BCUT2D eigenvalue weighted by Crippen LogP contribution is -2.32. The van der Waals surface area contributed by atoms with Crippen LogP contribution in [0.2, 0.25) is 5.02 Å². The van der Waals surface area contributed by atoms with Crippen LogP contribution in [0.15, 0.2) is 48.0 Å². The summed E-state index contributed by atoms with van der Waals surface area (Å²) in [4.78, 5) is 27.1. The zero-order chi connectivity index (χ0) is 22.5. The van der Waals surface area contributed by atoms with Crippen LogP contribution in [0.1, 0.15) is 24.1 Å². The second kappa shape index (κ2) is 9.85. The van der Waals surface area contributed by atoms with Crippen LogP contribution in [0.5, 0.6) is 11.5 Å². The molecule has 0 saturated carbocycles. The largest absolute Gasteiger partial charge is 0.507 e. The molecule has 1 amide bonds. The summed E-state index contributed by atoms with van der Waals surface area (Å²) in [5.41, 5.74) is 0.970. The van der Waals surface area contributed by atoms with E-state index in [1.807, 2.05) is 6.92 Å². The number of carbonyl (C=O) groups excluding carboxylic acids is 2. The first-order chi connectivity index (χ1) is 14.9. The van der Waals surface area contributed by atoms with Gasteiger partial charge in [-0.15, -0.1) is 0 Å². The highest BCUT2D eigenvalue weighted by Gasteiger charge is 2.45. The number of hydrogen-bond acceptors (Lipinski definition) is 6. The maximum Gasteiger partial charge on any atom is 0.295 e. The number of amides is 1. The summed E-state index contributed by atoms with van der Waals surface area (Å²) in [6, 6.07) is 10.9.